The van der Waals surface area contributed by atoms with Crippen molar-refractivity contribution in [3.8, 4) is 0 Å². The molecule has 0 saturated heterocycles. The topological polar surface area (TPSA) is 106 Å². The lowest BCUT2D eigenvalue weighted by molar-refractivity contribution is 0.592. The number of nitrogens with two attached hydrogens (primary N) is 1. The first-order valence-electron chi connectivity index (χ1n) is 6.16. The summed E-state index contributed by atoms with van der Waals surface area (Å²) in [6.07, 6.45) is 0. The van der Waals surface area contributed by atoms with Gasteiger partial charge in [0.2, 0.25) is 10.0 Å². The van der Waals surface area contributed by atoms with Crippen molar-refractivity contribution in [2.45, 2.75) is 31.7 Å². The molecule has 6 nitrogen and oxygen atoms in total. The minimum atomic E-state index is -3.79. The predicted octanol–water partition coefficient (Wildman–Crippen LogP) is 0.878. The van der Waals surface area contributed by atoms with Crippen molar-refractivity contribution in [2.24, 2.45) is 5.14 Å². The van der Waals surface area contributed by atoms with Crippen LogP contribution < -0.4 is 10.5 Å². The predicted molar refractivity (Wildman–Crippen MR) is 80.0 cm³/mol. The molecule has 1 rings (SSSR count). The molecule has 0 radical (unpaired) electrons. The molecule has 1 aromatic rings. The van der Waals surface area contributed by atoms with Crippen LogP contribution in [0.2, 0.25) is 0 Å². The third-order valence-corrected chi connectivity index (χ3v) is 5.88. The highest BCUT2D eigenvalue weighted by Gasteiger charge is 2.17. The molecule has 8 heteroatoms. The van der Waals surface area contributed by atoms with E-state index >= 15 is 0 Å². The maximum Gasteiger partial charge on any atom is 0.238 e. The molecule has 3 N–H and O–H groups in total. The lowest BCUT2D eigenvalue weighted by Crippen LogP contribution is -2.27. The van der Waals surface area contributed by atoms with Crippen molar-refractivity contribution in [1.29, 1.82) is 0 Å². The maximum atomic E-state index is 11.6. The standard InChI is InChI=1S/C12H20N2O4S2/c1-4-19(15,16)8-9(2)14-11-6-5-7-12(10(11)3)20(13,17)18/h5-7,9,14H,4,8H2,1-3H3,(H2,13,17,18). The SMILES string of the molecule is CCS(=O)(=O)CC(C)Nc1cccc(S(N)(=O)=O)c1C. The Balaban J connectivity index is 3.00. The van der Waals surface area contributed by atoms with E-state index in [1.807, 2.05) is 0 Å². The number of anilines is 1. The Labute approximate surface area is 120 Å². The van der Waals surface area contributed by atoms with Crippen molar-refractivity contribution in [2.75, 3.05) is 16.8 Å². The average molecular weight is 320 g/mol. The van der Waals surface area contributed by atoms with Gasteiger partial charge in [-0.15, -0.1) is 0 Å². The van der Waals surface area contributed by atoms with Crippen LogP contribution in [0.5, 0.6) is 0 Å². The van der Waals surface area contributed by atoms with Gasteiger partial charge in [0.15, 0.2) is 9.84 Å². The third-order valence-electron chi connectivity index (χ3n) is 2.94. The van der Waals surface area contributed by atoms with Crippen molar-refractivity contribution in [3.63, 3.8) is 0 Å². The van der Waals surface area contributed by atoms with Gasteiger partial charge < -0.3 is 5.32 Å². The summed E-state index contributed by atoms with van der Waals surface area (Å²) in [7, 11) is -6.89. The van der Waals surface area contributed by atoms with Gasteiger partial charge in [0.05, 0.1) is 10.6 Å². The minimum Gasteiger partial charge on any atom is -0.381 e. The lowest BCUT2D eigenvalue weighted by Gasteiger charge is -2.18. The fourth-order valence-electron chi connectivity index (χ4n) is 1.88. The largest absolute Gasteiger partial charge is 0.381 e. The highest BCUT2D eigenvalue weighted by atomic mass is 32.2. The molecule has 1 unspecified atom stereocenters. The molecular weight excluding hydrogens is 300 g/mol. The van der Waals surface area contributed by atoms with Crippen LogP contribution in [-0.2, 0) is 19.9 Å². The first-order chi connectivity index (χ1) is 9.07. The van der Waals surface area contributed by atoms with Crippen LogP contribution in [0.3, 0.4) is 0 Å². The number of sulfone groups is 1. The number of hydrogen-bond acceptors (Lipinski definition) is 5. The summed E-state index contributed by atoms with van der Waals surface area (Å²) in [5, 5.41) is 8.14. The first-order valence-corrected chi connectivity index (χ1v) is 9.53. The average Bonchev–Trinajstić information content (AvgIpc) is 2.29. The Bertz CT molecular complexity index is 681. The second kappa shape index (κ2) is 6.11. The maximum absolute atomic E-state index is 11.6. The van der Waals surface area contributed by atoms with E-state index in [4.69, 9.17) is 5.14 Å². The van der Waals surface area contributed by atoms with E-state index in [0.29, 0.717) is 11.3 Å². The number of rotatable bonds is 6. The fourth-order valence-corrected chi connectivity index (χ4v) is 3.77. The third kappa shape index (κ3) is 4.46. The summed E-state index contributed by atoms with van der Waals surface area (Å²) in [6.45, 7) is 4.95. The van der Waals surface area contributed by atoms with E-state index in [-0.39, 0.29) is 22.4 Å². The quantitative estimate of drug-likeness (QED) is 0.809. The van der Waals surface area contributed by atoms with Crippen LogP contribution in [0.1, 0.15) is 19.4 Å². The van der Waals surface area contributed by atoms with Gasteiger partial charge in [-0.3, -0.25) is 0 Å². The number of hydrogen-bond donors (Lipinski definition) is 2. The zero-order valence-electron chi connectivity index (χ0n) is 11.8. The number of nitrogens with one attached hydrogen (secondary N) is 1. The molecule has 0 saturated carbocycles. The molecule has 20 heavy (non-hydrogen) atoms. The molecule has 0 heterocycles. The summed E-state index contributed by atoms with van der Waals surface area (Å²) in [5.74, 6) is 0.0672. The molecule has 1 atom stereocenters. The Kier molecular flexibility index (Phi) is 5.17. The highest BCUT2D eigenvalue weighted by molar-refractivity contribution is 7.91. The van der Waals surface area contributed by atoms with Crippen LogP contribution in [0.15, 0.2) is 23.1 Å². The molecular formula is C12H20N2O4S2. The Morgan fingerprint density at radius 2 is 1.85 bits per heavy atom. The summed E-state index contributed by atoms with van der Waals surface area (Å²) < 4.78 is 46.0. The summed E-state index contributed by atoms with van der Waals surface area (Å²) in [6, 6.07) is 4.35. The fraction of sp³-hybridized carbons (Fsp3) is 0.500. The first kappa shape index (κ1) is 16.9. The van der Waals surface area contributed by atoms with E-state index in [1.54, 1.807) is 32.9 Å². The van der Waals surface area contributed by atoms with E-state index in [1.165, 1.54) is 6.07 Å². The second-order valence-corrected chi connectivity index (χ2v) is 8.65. The highest BCUT2D eigenvalue weighted by Crippen LogP contribution is 2.22. The minimum absolute atomic E-state index is 0.0114. The molecule has 1 aromatic carbocycles. The van der Waals surface area contributed by atoms with Gasteiger partial charge >= 0.3 is 0 Å². The molecule has 0 fully saturated rings. The van der Waals surface area contributed by atoms with E-state index in [0.717, 1.165) is 0 Å². The second-order valence-electron chi connectivity index (χ2n) is 4.72. The number of primary sulfonamides is 1. The molecule has 0 bridgehead atoms. The lowest BCUT2D eigenvalue weighted by atomic mass is 10.2. The smallest absolute Gasteiger partial charge is 0.238 e. The van der Waals surface area contributed by atoms with E-state index < -0.39 is 19.9 Å². The van der Waals surface area contributed by atoms with Crippen molar-refractivity contribution >= 4 is 25.5 Å². The molecule has 0 spiro atoms. The summed E-state index contributed by atoms with van der Waals surface area (Å²) >= 11 is 0. The number of benzene rings is 1. The molecule has 0 aliphatic rings. The van der Waals surface area contributed by atoms with Crippen molar-refractivity contribution in [3.05, 3.63) is 23.8 Å². The van der Waals surface area contributed by atoms with Crippen LogP contribution in [0.4, 0.5) is 5.69 Å². The van der Waals surface area contributed by atoms with Gasteiger partial charge in [-0.05, 0) is 31.5 Å². The van der Waals surface area contributed by atoms with Crippen molar-refractivity contribution in [1.82, 2.24) is 0 Å². The van der Waals surface area contributed by atoms with E-state index in [9.17, 15) is 16.8 Å². The van der Waals surface area contributed by atoms with E-state index in [2.05, 4.69) is 5.32 Å². The number of sulfonamides is 1. The Morgan fingerprint density at radius 1 is 1.25 bits per heavy atom. The zero-order chi connectivity index (χ0) is 15.6. The Morgan fingerprint density at radius 3 is 2.35 bits per heavy atom. The van der Waals surface area contributed by atoms with Gasteiger partial charge in [-0.2, -0.15) is 0 Å². The van der Waals surface area contributed by atoms with Gasteiger partial charge in [-0.25, -0.2) is 22.0 Å². The molecule has 0 aromatic heterocycles. The normalized spacial score (nSPS) is 14.0. The van der Waals surface area contributed by atoms with Crippen LogP contribution in [-0.4, -0.2) is 34.4 Å². The van der Waals surface area contributed by atoms with Gasteiger partial charge in [0, 0.05) is 17.5 Å². The zero-order valence-corrected chi connectivity index (χ0v) is 13.4. The van der Waals surface area contributed by atoms with Gasteiger partial charge in [0.1, 0.15) is 0 Å². The van der Waals surface area contributed by atoms with Crippen LogP contribution >= 0.6 is 0 Å². The molecule has 0 aliphatic carbocycles. The van der Waals surface area contributed by atoms with Crippen LogP contribution in [0, 0.1) is 6.92 Å². The molecule has 114 valence electrons. The summed E-state index contributed by atoms with van der Waals surface area (Å²) in [4.78, 5) is 0.0352. The molecule has 0 amide bonds. The molecule has 0 aliphatic heterocycles. The Hall–Kier alpha value is -1.12. The van der Waals surface area contributed by atoms with Gasteiger partial charge in [-0.1, -0.05) is 13.0 Å². The van der Waals surface area contributed by atoms with Crippen LogP contribution in [0.25, 0.3) is 0 Å². The van der Waals surface area contributed by atoms with Crippen molar-refractivity contribution < 1.29 is 16.8 Å². The monoisotopic (exact) mass is 320 g/mol. The summed E-state index contributed by atoms with van der Waals surface area (Å²) in [5.41, 5.74) is 1.05. The van der Waals surface area contributed by atoms with Gasteiger partial charge in [0.25, 0.3) is 0 Å².